The number of hydrogen-bond donors (Lipinski definition) is 1. The Morgan fingerprint density at radius 1 is 1.32 bits per heavy atom. The maximum Gasteiger partial charge on any atom is 0.0830 e. The van der Waals surface area contributed by atoms with E-state index in [1.807, 2.05) is 7.11 Å². The van der Waals surface area contributed by atoms with Gasteiger partial charge in [0.2, 0.25) is 0 Å². The number of hydrogen-bond acceptors (Lipinski definition) is 3. The van der Waals surface area contributed by atoms with Gasteiger partial charge in [0.15, 0.2) is 0 Å². The lowest BCUT2D eigenvalue weighted by Crippen LogP contribution is -2.51. The molecule has 1 saturated carbocycles. The van der Waals surface area contributed by atoms with Gasteiger partial charge in [0.1, 0.15) is 0 Å². The third-order valence-corrected chi connectivity index (χ3v) is 5.37. The van der Waals surface area contributed by atoms with Crippen LogP contribution in [0.4, 0.5) is 0 Å². The molecule has 0 saturated heterocycles. The fourth-order valence-corrected chi connectivity index (χ4v) is 4.14. The molecule has 19 heavy (non-hydrogen) atoms. The van der Waals surface area contributed by atoms with Crippen molar-refractivity contribution in [3.8, 4) is 0 Å². The molecule has 0 amide bonds. The van der Waals surface area contributed by atoms with Crippen LogP contribution in [0.15, 0.2) is 16.8 Å². The number of nitrogens with one attached hydrogen (secondary N) is 1. The van der Waals surface area contributed by atoms with Crippen molar-refractivity contribution in [1.82, 2.24) is 5.32 Å². The molecule has 0 spiro atoms. The van der Waals surface area contributed by atoms with Crippen molar-refractivity contribution in [2.75, 3.05) is 14.2 Å². The van der Waals surface area contributed by atoms with Crippen LogP contribution < -0.4 is 5.32 Å². The summed E-state index contributed by atoms with van der Waals surface area (Å²) in [6.07, 6.45) is 10.1. The van der Waals surface area contributed by atoms with Crippen LogP contribution in [0.25, 0.3) is 0 Å². The second kappa shape index (κ2) is 7.41. The lowest BCUT2D eigenvalue weighted by Gasteiger charge is -2.39. The van der Waals surface area contributed by atoms with Crippen LogP contribution in [0.1, 0.15) is 50.5 Å². The highest BCUT2D eigenvalue weighted by Crippen LogP contribution is 2.34. The molecule has 1 aromatic heterocycles. The van der Waals surface area contributed by atoms with E-state index < -0.39 is 0 Å². The van der Waals surface area contributed by atoms with Gasteiger partial charge < -0.3 is 10.1 Å². The molecule has 1 N–H and O–H groups in total. The first-order chi connectivity index (χ1) is 9.30. The molecule has 1 unspecified atom stereocenters. The largest absolute Gasteiger partial charge is 0.377 e. The highest BCUT2D eigenvalue weighted by atomic mass is 32.1. The normalized spacial score (nSPS) is 20.9. The zero-order chi connectivity index (χ0) is 13.6. The van der Waals surface area contributed by atoms with Crippen LogP contribution in [-0.4, -0.2) is 25.8 Å². The first-order valence-corrected chi connectivity index (χ1v) is 8.48. The summed E-state index contributed by atoms with van der Waals surface area (Å²) in [5.41, 5.74) is 1.52. The second-order valence-electron chi connectivity index (χ2n) is 5.69. The van der Waals surface area contributed by atoms with Crippen LogP contribution in [0.2, 0.25) is 0 Å². The Hall–Kier alpha value is -0.380. The Labute approximate surface area is 121 Å². The number of aryl methyl sites for hydroxylation is 1. The van der Waals surface area contributed by atoms with Gasteiger partial charge in [-0.3, -0.25) is 0 Å². The Kier molecular flexibility index (Phi) is 5.86. The number of ether oxygens (including phenoxy) is 1. The summed E-state index contributed by atoms with van der Waals surface area (Å²) in [5, 5.41) is 7.96. The molecule has 1 heterocycles. The zero-order valence-corrected chi connectivity index (χ0v) is 13.1. The number of rotatable bonds is 6. The zero-order valence-electron chi connectivity index (χ0n) is 12.3. The van der Waals surface area contributed by atoms with Gasteiger partial charge in [0.05, 0.1) is 5.60 Å². The highest BCUT2D eigenvalue weighted by molar-refractivity contribution is 7.07. The van der Waals surface area contributed by atoms with Crippen LogP contribution in [0.3, 0.4) is 0 Å². The van der Waals surface area contributed by atoms with Crippen LogP contribution in [0, 0.1) is 0 Å². The SMILES string of the molecule is CNC(CCc1ccsc1)C1(OC)CCCCCC1. The third-order valence-electron chi connectivity index (χ3n) is 4.64. The molecule has 108 valence electrons. The molecule has 3 heteroatoms. The van der Waals surface area contributed by atoms with Gasteiger partial charge in [-0.25, -0.2) is 0 Å². The van der Waals surface area contributed by atoms with E-state index in [1.54, 1.807) is 11.3 Å². The number of likely N-dealkylation sites (N-methyl/N-ethyl adjacent to an activating group) is 1. The molecular weight excluding hydrogens is 254 g/mol. The van der Waals surface area contributed by atoms with E-state index >= 15 is 0 Å². The third kappa shape index (κ3) is 3.80. The summed E-state index contributed by atoms with van der Waals surface area (Å²) >= 11 is 1.79. The van der Waals surface area contributed by atoms with E-state index in [9.17, 15) is 0 Å². The van der Waals surface area contributed by atoms with E-state index in [2.05, 4.69) is 29.2 Å². The Bertz CT molecular complexity index is 342. The Balaban J connectivity index is 2.00. The smallest absolute Gasteiger partial charge is 0.0830 e. The fourth-order valence-electron chi connectivity index (χ4n) is 3.44. The van der Waals surface area contributed by atoms with Crippen molar-refractivity contribution < 1.29 is 4.74 Å². The number of thiophene rings is 1. The van der Waals surface area contributed by atoms with Crippen molar-refractivity contribution in [3.63, 3.8) is 0 Å². The van der Waals surface area contributed by atoms with Crippen molar-refractivity contribution in [3.05, 3.63) is 22.4 Å². The molecule has 1 fully saturated rings. The lowest BCUT2D eigenvalue weighted by molar-refractivity contribution is -0.0529. The summed E-state index contributed by atoms with van der Waals surface area (Å²) in [6.45, 7) is 0. The van der Waals surface area contributed by atoms with E-state index in [0.29, 0.717) is 6.04 Å². The van der Waals surface area contributed by atoms with Crippen molar-refractivity contribution >= 4 is 11.3 Å². The van der Waals surface area contributed by atoms with Crippen LogP contribution >= 0.6 is 11.3 Å². The first kappa shape index (κ1) is 15.0. The van der Waals surface area contributed by atoms with Gasteiger partial charge in [0.25, 0.3) is 0 Å². The molecule has 1 aromatic rings. The molecule has 2 rings (SSSR count). The number of methoxy groups -OCH3 is 1. The van der Waals surface area contributed by atoms with Crippen molar-refractivity contribution in [2.24, 2.45) is 0 Å². The van der Waals surface area contributed by atoms with Gasteiger partial charge in [-0.2, -0.15) is 11.3 Å². The summed E-state index contributed by atoms with van der Waals surface area (Å²) in [6, 6.07) is 2.71. The lowest BCUT2D eigenvalue weighted by atomic mass is 9.83. The monoisotopic (exact) mass is 281 g/mol. The Morgan fingerprint density at radius 3 is 2.58 bits per heavy atom. The van der Waals surface area contributed by atoms with E-state index in [1.165, 1.54) is 50.5 Å². The molecule has 0 bridgehead atoms. The summed E-state index contributed by atoms with van der Waals surface area (Å²) < 4.78 is 6.02. The average Bonchev–Trinajstić information content (AvgIpc) is 2.84. The summed E-state index contributed by atoms with van der Waals surface area (Å²) in [4.78, 5) is 0. The molecule has 0 radical (unpaired) electrons. The minimum atomic E-state index is 0.0568. The summed E-state index contributed by atoms with van der Waals surface area (Å²) in [7, 11) is 3.99. The maximum absolute atomic E-state index is 6.02. The second-order valence-corrected chi connectivity index (χ2v) is 6.47. The van der Waals surface area contributed by atoms with Gasteiger partial charge in [-0.15, -0.1) is 0 Å². The topological polar surface area (TPSA) is 21.3 Å². The fraction of sp³-hybridized carbons (Fsp3) is 0.750. The van der Waals surface area contributed by atoms with Gasteiger partial charge >= 0.3 is 0 Å². The highest BCUT2D eigenvalue weighted by Gasteiger charge is 2.37. The minimum absolute atomic E-state index is 0.0568. The van der Waals surface area contributed by atoms with Crippen molar-refractivity contribution in [1.29, 1.82) is 0 Å². The molecule has 1 aliphatic rings. The molecule has 0 aliphatic heterocycles. The van der Waals surface area contributed by atoms with E-state index in [0.717, 1.165) is 6.42 Å². The van der Waals surface area contributed by atoms with Gasteiger partial charge in [-0.1, -0.05) is 25.7 Å². The molecule has 2 nitrogen and oxygen atoms in total. The minimum Gasteiger partial charge on any atom is -0.377 e. The van der Waals surface area contributed by atoms with E-state index in [-0.39, 0.29) is 5.60 Å². The molecular formula is C16H27NOS. The van der Waals surface area contributed by atoms with E-state index in [4.69, 9.17) is 4.74 Å². The average molecular weight is 281 g/mol. The standard InChI is InChI=1S/C16H27NOS/c1-17-15(8-7-14-9-12-19-13-14)16(18-2)10-5-3-4-6-11-16/h9,12-13,15,17H,3-8,10-11H2,1-2H3. The predicted octanol–water partition coefficient (Wildman–Crippen LogP) is 4.01. The summed E-state index contributed by atoms with van der Waals surface area (Å²) in [5.74, 6) is 0. The van der Waals surface area contributed by atoms with Crippen molar-refractivity contribution in [2.45, 2.75) is 63.0 Å². The molecule has 1 aliphatic carbocycles. The molecule has 0 aromatic carbocycles. The Morgan fingerprint density at radius 2 is 2.05 bits per heavy atom. The maximum atomic E-state index is 6.02. The van der Waals surface area contributed by atoms with Crippen LogP contribution in [-0.2, 0) is 11.2 Å². The molecule has 1 atom stereocenters. The first-order valence-electron chi connectivity index (χ1n) is 7.54. The predicted molar refractivity (Wildman–Crippen MR) is 82.9 cm³/mol. The van der Waals surface area contributed by atoms with Crippen LogP contribution in [0.5, 0.6) is 0 Å². The van der Waals surface area contributed by atoms with Gasteiger partial charge in [0, 0.05) is 13.2 Å². The quantitative estimate of drug-likeness (QED) is 0.796. The van der Waals surface area contributed by atoms with Gasteiger partial charge in [-0.05, 0) is 55.1 Å².